The summed E-state index contributed by atoms with van der Waals surface area (Å²) in [4.78, 5) is 22.1. The van der Waals surface area contributed by atoms with Crippen LogP contribution >= 0.6 is 0 Å². The maximum Gasteiger partial charge on any atom is 0.304 e. The standard InChI is InChI=1S/C10H17NO5S/c1-6(5-9(12)13)17(15,16)7(2)10(14)11-8-3-4-8/h6-8H,3-5H2,1-2H3,(H,11,14)(H,12,13). The molecule has 0 heterocycles. The van der Waals surface area contributed by atoms with Crippen molar-refractivity contribution in [1.29, 1.82) is 0 Å². The zero-order valence-corrected chi connectivity index (χ0v) is 10.7. The predicted molar refractivity (Wildman–Crippen MR) is 61.3 cm³/mol. The Hall–Kier alpha value is -1.11. The Kier molecular flexibility index (Phi) is 4.13. The summed E-state index contributed by atoms with van der Waals surface area (Å²) < 4.78 is 23.8. The van der Waals surface area contributed by atoms with Gasteiger partial charge in [0.05, 0.1) is 11.7 Å². The van der Waals surface area contributed by atoms with Crippen LogP contribution in [0.5, 0.6) is 0 Å². The quantitative estimate of drug-likeness (QED) is 0.698. The first-order chi connectivity index (χ1) is 7.75. The second-order valence-corrected chi connectivity index (χ2v) is 7.11. The summed E-state index contributed by atoms with van der Waals surface area (Å²) in [6, 6.07) is 0.0925. The minimum atomic E-state index is -3.74. The lowest BCUT2D eigenvalue weighted by atomic mass is 10.3. The summed E-state index contributed by atoms with van der Waals surface area (Å²) in [7, 11) is -3.74. The van der Waals surface area contributed by atoms with Crippen molar-refractivity contribution in [3.05, 3.63) is 0 Å². The van der Waals surface area contributed by atoms with E-state index in [2.05, 4.69) is 5.32 Å². The number of carboxylic acid groups (broad SMARTS) is 1. The molecule has 0 aromatic rings. The first-order valence-electron chi connectivity index (χ1n) is 5.50. The maximum atomic E-state index is 11.9. The van der Waals surface area contributed by atoms with Gasteiger partial charge in [-0.3, -0.25) is 9.59 Å². The molecule has 2 unspecified atom stereocenters. The topological polar surface area (TPSA) is 101 Å². The van der Waals surface area contributed by atoms with E-state index in [9.17, 15) is 18.0 Å². The van der Waals surface area contributed by atoms with Crippen LogP contribution in [0, 0.1) is 0 Å². The molecule has 1 saturated carbocycles. The number of carboxylic acids is 1. The van der Waals surface area contributed by atoms with Crippen molar-refractivity contribution in [2.75, 3.05) is 0 Å². The van der Waals surface area contributed by atoms with Crippen molar-refractivity contribution in [1.82, 2.24) is 5.32 Å². The number of hydrogen-bond donors (Lipinski definition) is 2. The summed E-state index contributed by atoms with van der Waals surface area (Å²) >= 11 is 0. The fraction of sp³-hybridized carbons (Fsp3) is 0.800. The van der Waals surface area contributed by atoms with E-state index in [0.717, 1.165) is 12.8 Å². The van der Waals surface area contributed by atoms with Gasteiger partial charge in [-0.25, -0.2) is 8.42 Å². The third-order valence-corrected chi connectivity index (χ3v) is 5.30. The lowest BCUT2D eigenvalue weighted by molar-refractivity contribution is -0.137. The van der Waals surface area contributed by atoms with Crippen molar-refractivity contribution in [3.63, 3.8) is 0 Å². The SMILES string of the molecule is CC(CC(=O)O)S(=O)(=O)C(C)C(=O)NC1CC1. The smallest absolute Gasteiger partial charge is 0.304 e. The first kappa shape index (κ1) is 14.0. The van der Waals surface area contributed by atoms with Crippen LogP contribution in [0.25, 0.3) is 0 Å². The Morgan fingerprint density at radius 3 is 2.29 bits per heavy atom. The highest BCUT2D eigenvalue weighted by molar-refractivity contribution is 7.93. The summed E-state index contributed by atoms with van der Waals surface area (Å²) in [5.74, 6) is -1.72. The van der Waals surface area contributed by atoms with Crippen molar-refractivity contribution in [2.24, 2.45) is 0 Å². The van der Waals surface area contributed by atoms with Crippen LogP contribution in [0.15, 0.2) is 0 Å². The Labute approximate surface area is 100 Å². The number of nitrogens with one attached hydrogen (secondary N) is 1. The molecule has 0 aromatic heterocycles. The molecule has 1 rings (SSSR count). The molecule has 0 radical (unpaired) electrons. The van der Waals surface area contributed by atoms with Gasteiger partial charge in [0.25, 0.3) is 0 Å². The molecule has 98 valence electrons. The van der Waals surface area contributed by atoms with E-state index in [1.807, 2.05) is 0 Å². The largest absolute Gasteiger partial charge is 0.481 e. The average Bonchev–Trinajstić information content (AvgIpc) is 2.99. The predicted octanol–water partition coefficient (Wildman–Crippen LogP) is -0.0685. The average molecular weight is 263 g/mol. The number of carbonyl (C=O) groups excluding carboxylic acids is 1. The van der Waals surface area contributed by atoms with Crippen LogP contribution in [0.3, 0.4) is 0 Å². The molecule has 1 aliphatic carbocycles. The minimum absolute atomic E-state index is 0.0925. The monoisotopic (exact) mass is 263 g/mol. The van der Waals surface area contributed by atoms with Crippen LogP contribution in [0.2, 0.25) is 0 Å². The maximum absolute atomic E-state index is 11.9. The number of sulfone groups is 1. The van der Waals surface area contributed by atoms with Gasteiger partial charge in [-0.2, -0.15) is 0 Å². The zero-order valence-electron chi connectivity index (χ0n) is 9.84. The molecule has 0 bridgehead atoms. The summed E-state index contributed by atoms with van der Waals surface area (Å²) in [6.45, 7) is 2.61. The van der Waals surface area contributed by atoms with Gasteiger partial charge in [-0.1, -0.05) is 0 Å². The Bertz CT molecular complexity index is 412. The van der Waals surface area contributed by atoms with Gasteiger partial charge in [-0.15, -0.1) is 0 Å². The number of hydrogen-bond acceptors (Lipinski definition) is 4. The normalized spacial score (nSPS) is 19.4. The fourth-order valence-corrected chi connectivity index (χ4v) is 2.84. The van der Waals surface area contributed by atoms with Gasteiger partial charge in [0.15, 0.2) is 9.84 Å². The van der Waals surface area contributed by atoms with E-state index in [0.29, 0.717) is 0 Å². The number of amides is 1. The van der Waals surface area contributed by atoms with E-state index in [4.69, 9.17) is 5.11 Å². The van der Waals surface area contributed by atoms with Crippen LogP contribution in [-0.2, 0) is 19.4 Å². The lowest BCUT2D eigenvalue weighted by Gasteiger charge is -2.17. The van der Waals surface area contributed by atoms with E-state index in [1.165, 1.54) is 13.8 Å². The molecule has 0 aliphatic heterocycles. The second-order valence-electron chi connectivity index (χ2n) is 4.42. The fourth-order valence-electron chi connectivity index (χ4n) is 1.41. The molecule has 6 nitrogen and oxygen atoms in total. The molecule has 1 aliphatic rings. The first-order valence-corrected chi connectivity index (χ1v) is 7.11. The molecule has 1 amide bonds. The molecule has 0 saturated heterocycles. The molecule has 0 spiro atoms. The van der Waals surface area contributed by atoms with E-state index in [1.54, 1.807) is 0 Å². The van der Waals surface area contributed by atoms with Gasteiger partial charge in [0.1, 0.15) is 5.25 Å². The van der Waals surface area contributed by atoms with Crippen molar-refractivity contribution in [3.8, 4) is 0 Å². The van der Waals surface area contributed by atoms with Gasteiger partial charge in [0.2, 0.25) is 5.91 Å². The van der Waals surface area contributed by atoms with Gasteiger partial charge >= 0.3 is 5.97 Å². The van der Waals surface area contributed by atoms with Crippen LogP contribution in [-0.4, -0.2) is 41.9 Å². The number of aliphatic carboxylic acids is 1. The highest BCUT2D eigenvalue weighted by Gasteiger charge is 2.36. The molecular weight excluding hydrogens is 246 g/mol. The highest BCUT2D eigenvalue weighted by Crippen LogP contribution is 2.20. The van der Waals surface area contributed by atoms with Gasteiger partial charge in [-0.05, 0) is 26.7 Å². The third-order valence-electron chi connectivity index (χ3n) is 2.81. The van der Waals surface area contributed by atoms with Gasteiger partial charge in [0, 0.05) is 6.04 Å². The van der Waals surface area contributed by atoms with Crippen LogP contribution in [0.1, 0.15) is 33.1 Å². The van der Waals surface area contributed by atoms with Crippen molar-refractivity contribution >= 4 is 21.7 Å². The molecule has 17 heavy (non-hydrogen) atoms. The molecule has 1 fully saturated rings. The Morgan fingerprint density at radius 1 is 1.35 bits per heavy atom. The number of rotatable bonds is 6. The molecular formula is C10H17NO5S. The summed E-state index contributed by atoms with van der Waals surface area (Å²) in [5.41, 5.74) is 0. The second kappa shape index (κ2) is 5.03. The minimum Gasteiger partial charge on any atom is -0.481 e. The van der Waals surface area contributed by atoms with Crippen LogP contribution < -0.4 is 5.32 Å². The number of carbonyl (C=O) groups is 2. The van der Waals surface area contributed by atoms with Gasteiger partial charge < -0.3 is 10.4 Å². The zero-order chi connectivity index (χ0) is 13.2. The van der Waals surface area contributed by atoms with Crippen molar-refractivity contribution in [2.45, 2.75) is 49.7 Å². The Morgan fingerprint density at radius 2 is 1.88 bits per heavy atom. The molecule has 7 heteroatoms. The van der Waals surface area contributed by atoms with Crippen molar-refractivity contribution < 1.29 is 23.1 Å². The van der Waals surface area contributed by atoms with E-state index in [-0.39, 0.29) is 6.04 Å². The lowest BCUT2D eigenvalue weighted by Crippen LogP contribution is -2.42. The highest BCUT2D eigenvalue weighted by atomic mass is 32.2. The summed E-state index contributed by atoms with van der Waals surface area (Å²) in [5, 5.41) is 8.91. The van der Waals surface area contributed by atoms with E-state index >= 15 is 0 Å². The summed E-state index contributed by atoms with van der Waals surface area (Å²) in [6.07, 6.45) is 1.27. The molecule has 2 N–H and O–H groups in total. The molecule has 2 atom stereocenters. The van der Waals surface area contributed by atoms with E-state index < -0.39 is 38.6 Å². The third kappa shape index (κ3) is 3.69. The van der Waals surface area contributed by atoms with Crippen LogP contribution in [0.4, 0.5) is 0 Å². The molecule has 0 aromatic carbocycles. The Balaban J connectivity index is 2.66.